The van der Waals surface area contributed by atoms with Crippen molar-refractivity contribution >= 4 is 29.0 Å². The van der Waals surface area contributed by atoms with E-state index in [0.29, 0.717) is 5.16 Å². The van der Waals surface area contributed by atoms with Gasteiger partial charge in [-0.15, -0.1) is 5.10 Å². The van der Waals surface area contributed by atoms with Gasteiger partial charge in [0.2, 0.25) is 11.1 Å². The van der Waals surface area contributed by atoms with Crippen LogP contribution >= 0.6 is 11.8 Å². The molecular formula is C18H18N4OS. The van der Waals surface area contributed by atoms with Crippen LogP contribution in [0.3, 0.4) is 0 Å². The molecule has 0 aliphatic rings. The first kappa shape index (κ1) is 16.3. The van der Waals surface area contributed by atoms with Crippen molar-refractivity contribution in [2.75, 3.05) is 4.90 Å². The lowest BCUT2D eigenvalue weighted by Gasteiger charge is -2.25. The molecule has 6 heteroatoms. The number of carbonyl (C=O) groups is 1. The molecule has 3 aromatic rings. The molecular weight excluding hydrogens is 320 g/mol. The first-order valence-corrected chi connectivity index (χ1v) is 8.53. The van der Waals surface area contributed by atoms with Crippen LogP contribution in [0.2, 0.25) is 0 Å². The highest BCUT2D eigenvalue weighted by Gasteiger charge is 2.25. The summed E-state index contributed by atoms with van der Waals surface area (Å²) in [5.74, 6) is 0.722. The number of aromatic nitrogens is 3. The first-order chi connectivity index (χ1) is 11.6. The van der Waals surface area contributed by atoms with Gasteiger partial charge in [-0.05, 0) is 38.1 Å². The Kier molecular flexibility index (Phi) is 4.96. The van der Waals surface area contributed by atoms with E-state index in [9.17, 15) is 4.79 Å². The molecule has 122 valence electrons. The fourth-order valence-electron chi connectivity index (χ4n) is 2.32. The molecule has 24 heavy (non-hydrogen) atoms. The second-order valence-corrected chi connectivity index (χ2v) is 6.62. The van der Waals surface area contributed by atoms with Gasteiger partial charge in [0.1, 0.15) is 5.82 Å². The minimum Gasteiger partial charge on any atom is -0.280 e. The van der Waals surface area contributed by atoms with Crippen molar-refractivity contribution in [3.63, 3.8) is 0 Å². The number of H-pyrrole nitrogens is 1. The zero-order valence-corrected chi connectivity index (χ0v) is 14.3. The molecule has 1 heterocycles. The number of hydrogen-bond acceptors (Lipinski definition) is 4. The summed E-state index contributed by atoms with van der Waals surface area (Å²) in [7, 11) is 0. The average molecular weight is 338 g/mol. The number of aromatic amines is 1. The SMILES string of the molecule is Cc1nc(S[C@H](C)C(=O)N(c2ccccc2)c2ccccc2)n[nH]1. The van der Waals surface area contributed by atoms with Crippen molar-refractivity contribution in [1.82, 2.24) is 15.2 Å². The van der Waals surface area contributed by atoms with Gasteiger partial charge in [0.05, 0.1) is 5.25 Å². The van der Waals surface area contributed by atoms with Gasteiger partial charge in [-0.1, -0.05) is 48.2 Å². The van der Waals surface area contributed by atoms with Crippen molar-refractivity contribution < 1.29 is 4.79 Å². The van der Waals surface area contributed by atoms with E-state index >= 15 is 0 Å². The van der Waals surface area contributed by atoms with Crippen LogP contribution in [0.4, 0.5) is 11.4 Å². The number of nitrogens with zero attached hydrogens (tertiary/aromatic N) is 3. The average Bonchev–Trinajstić information content (AvgIpc) is 3.02. The summed E-state index contributed by atoms with van der Waals surface area (Å²) in [4.78, 5) is 19.1. The molecule has 1 N–H and O–H groups in total. The van der Waals surface area contributed by atoms with Crippen LogP contribution in [0.1, 0.15) is 12.7 Å². The van der Waals surface area contributed by atoms with E-state index in [1.54, 1.807) is 4.90 Å². The highest BCUT2D eigenvalue weighted by molar-refractivity contribution is 8.00. The number of amides is 1. The number of para-hydroxylation sites is 2. The third-order valence-electron chi connectivity index (χ3n) is 3.46. The van der Waals surface area contributed by atoms with Crippen molar-refractivity contribution in [3.05, 3.63) is 66.5 Å². The van der Waals surface area contributed by atoms with Crippen LogP contribution in [0.25, 0.3) is 0 Å². The van der Waals surface area contributed by atoms with Crippen LogP contribution in [0.15, 0.2) is 65.8 Å². The highest BCUT2D eigenvalue weighted by Crippen LogP contribution is 2.29. The predicted octanol–water partition coefficient (Wildman–Crippen LogP) is 3.96. The number of aryl methyl sites for hydroxylation is 1. The van der Waals surface area contributed by atoms with Gasteiger partial charge in [-0.3, -0.25) is 14.8 Å². The molecule has 0 aliphatic heterocycles. The molecule has 0 saturated carbocycles. The smallest absolute Gasteiger partial charge is 0.244 e. The van der Waals surface area contributed by atoms with Gasteiger partial charge in [-0.2, -0.15) is 0 Å². The van der Waals surface area contributed by atoms with Gasteiger partial charge in [0.15, 0.2) is 0 Å². The Bertz CT molecular complexity index is 765. The number of carbonyl (C=O) groups excluding carboxylic acids is 1. The number of thioether (sulfide) groups is 1. The van der Waals surface area contributed by atoms with Crippen LogP contribution in [0.5, 0.6) is 0 Å². The third-order valence-corrected chi connectivity index (χ3v) is 4.40. The highest BCUT2D eigenvalue weighted by atomic mass is 32.2. The Labute approximate surface area is 145 Å². The number of rotatable bonds is 5. The summed E-state index contributed by atoms with van der Waals surface area (Å²) in [5, 5.41) is 7.16. The standard InChI is InChI=1S/C18H18N4OS/c1-13(24-18-19-14(2)20-21-18)17(23)22(15-9-5-3-6-10-15)16-11-7-4-8-12-16/h3-13H,1-2H3,(H,19,20,21)/t13-/m1/s1. The van der Waals surface area contributed by atoms with Crippen molar-refractivity contribution in [1.29, 1.82) is 0 Å². The van der Waals surface area contributed by atoms with Crippen molar-refractivity contribution in [3.8, 4) is 0 Å². The van der Waals surface area contributed by atoms with E-state index in [1.165, 1.54) is 11.8 Å². The maximum Gasteiger partial charge on any atom is 0.244 e. The molecule has 0 radical (unpaired) electrons. The Balaban J connectivity index is 1.89. The Morgan fingerprint density at radius 3 is 2.04 bits per heavy atom. The molecule has 0 spiro atoms. The molecule has 2 aromatic carbocycles. The van der Waals surface area contributed by atoms with Crippen LogP contribution < -0.4 is 4.90 Å². The van der Waals surface area contributed by atoms with E-state index in [-0.39, 0.29) is 11.2 Å². The van der Waals surface area contributed by atoms with Crippen LogP contribution in [0, 0.1) is 6.92 Å². The molecule has 0 aliphatic carbocycles. The predicted molar refractivity (Wildman–Crippen MR) is 96.5 cm³/mol. The van der Waals surface area contributed by atoms with E-state index in [1.807, 2.05) is 74.5 Å². The summed E-state index contributed by atoms with van der Waals surface area (Å²) in [6.45, 7) is 3.71. The van der Waals surface area contributed by atoms with Gasteiger partial charge < -0.3 is 0 Å². The first-order valence-electron chi connectivity index (χ1n) is 7.65. The molecule has 1 aromatic heterocycles. The van der Waals surface area contributed by atoms with Crippen LogP contribution in [-0.4, -0.2) is 26.3 Å². The monoisotopic (exact) mass is 338 g/mol. The van der Waals surface area contributed by atoms with Crippen molar-refractivity contribution in [2.45, 2.75) is 24.3 Å². The minimum atomic E-state index is -0.319. The Hall–Kier alpha value is -2.60. The lowest BCUT2D eigenvalue weighted by molar-refractivity contribution is -0.117. The Morgan fingerprint density at radius 2 is 1.58 bits per heavy atom. The summed E-state index contributed by atoms with van der Waals surface area (Å²) in [6, 6.07) is 19.3. The van der Waals surface area contributed by atoms with E-state index < -0.39 is 0 Å². The molecule has 5 nitrogen and oxygen atoms in total. The van der Waals surface area contributed by atoms with Gasteiger partial charge >= 0.3 is 0 Å². The number of hydrogen-bond donors (Lipinski definition) is 1. The third kappa shape index (κ3) is 3.65. The summed E-state index contributed by atoms with van der Waals surface area (Å²) < 4.78 is 0. The zero-order valence-electron chi connectivity index (χ0n) is 13.5. The van der Waals surface area contributed by atoms with Gasteiger partial charge in [0.25, 0.3) is 0 Å². The summed E-state index contributed by atoms with van der Waals surface area (Å²) in [5.41, 5.74) is 1.68. The van der Waals surface area contributed by atoms with E-state index in [2.05, 4.69) is 15.2 Å². The van der Waals surface area contributed by atoms with Gasteiger partial charge in [0, 0.05) is 11.4 Å². The lowest BCUT2D eigenvalue weighted by atomic mass is 10.2. The second kappa shape index (κ2) is 7.31. The fourth-order valence-corrected chi connectivity index (χ4v) is 3.13. The quantitative estimate of drug-likeness (QED) is 0.715. The minimum absolute atomic E-state index is 0.0140. The summed E-state index contributed by atoms with van der Waals surface area (Å²) >= 11 is 1.35. The zero-order chi connectivity index (χ0) is 16.9. The summed E-state index contributed by atoms with van der Waals surface area (Å²) in [6.07, 6.45) is 0. The normalized spacial score (nSPS) is 11.9. The molecule has 0 unspecified atom stereocenters. The number of benzene rings is 2. The molecule has 0 saturated heterocycles. The number of nitrogens with one attached hydrogen (secondary N) is 1. The topological polar surface area (TPSA) is 61.9 Å². The largest absolute Gasteiger partial charge is 0.280 e. The maximum absolute atomic E-state index is 13.1. The van der Waals surface area contributed by atoms with Crippen LogP contribution in [-0.2, 0) is 4.79 Å². The fraction of sp³-hybridized carbons (Fsp3) is 0.167. The van der Waals surface area contributed by atoms with E-state index in [4.69, 9.17) is 0 Å². The second-order valence-electron chi connectivity index (χ2n) is 5.31. The van der Waals surface area contributed by atoms with Crippen molar-refractivity contribution in [2.24, 2.45) is 0 Å². The molecule has 0 fully saturated rings. The molecule has 1 amide bonds. The molecule has 1 atom stereocenters. The molecule has 0 bridgehead atoms. The number of anilines is 2. The Morgan fingerprint density at radius 1 is 1.04 bits per heavy atom. The lowest BCUT2D eigenvalue weighted by Crippen LogP contribution is -2.32. The van der Waals surface area contributed by atoms with E-state index in [0.717, 1.165) is 17.2 Å². The molecule has 3 rings (SSSR count). The van der Waals surface area contributed by atoms with Gasteiger partial charge in [-0.25, -0.2) is 4.98 Å². The maximum atomic E-state index is 13.1.